The number of rotatable bonds is 2. The van der Waals surface area contributed by atoms with Crippen LogP contribution in [0.4, 0.5) is 5.13 Å². The summed E-state index contributed by atoms with van der Waals surface area (Å²) < 4.78 is 3.56. The summed E-state index contributed by atoms with van der Waals surface area (Å²) >= 11 is 6.26. The standard InChI is InChI=1S/C4H3ClN3OS.Y/c5-1-3(9)8-4-6-2-7-10-4;/h1H2,(H,6,7,8,9);/q-1;. The number of anilines is 1. The molecule has 0 saturated carbocycles. The number of alkyl halides is 1. The van der Waals surface area contributed by atoms with E-state index in [4.69, 9.17) is 11.6 Å². The zero-order valence-electron chi connectivity index (χ0n) is 5.37. The molecule has 1 radical (unpaired) electrons. The zero-order chi connectivity index (χ0) is 7.40. The minimum absolute atomic E-state index is 0. The predicted molar refractivity (Wildman–Crippen MR) is 38.1 cm³/mol. The number of nitrogens with one attached hydrogen (secondary N) is 1. The Morgan fingerprint density at radius 3 is 3.00 bits per heavy atom. The van der Waals surface area contributed by atoms with Gasteiger partial charge in [-0.05, 0) is 6.33 Å². The van der Waals surface area contributed by atoms with E-state index in [-0.39, 0.29) is 44.5 Å². The minimum Gasteiger partial charge on any atom is -0.406 e. The van der Waals surface area contributed by atoms with Crippen LogP contribution in [0, 0.1) is 6.33 Å². The Morgan fingerprint density at radius 2 is 2.55 bits per heavy atom. The fraction of sp³-hybridized carbons (Fsp3) is 0.250. The summed E-state index contributed by atoms with van der Waals surface area (Å²) in [7, 11) is 0. The quantitative estimate of drug-likeness (QED) is 0.626. The molecular formula is C4H3ClN3OSY-. The molecule has 11 heavy (non-hydrogen) atoms. The molecule has 1 heterocycles. The molecule has 0 saturated heterocycles. The molecule has 1 aromatic rings. The van der Waals surface area contributed by atoms with Crippen LogP contribution in [0.25, 0.3) is 0 Å². The fourth-order valence-electron chi connectivity index (χ4n) is 0.353. The van der Waals surface area contributed by atoms with Gasteiger partial charge in [0, 0.05) is 37.8 Å². The molecule has 0 bridgehead atoms. The average molecular weight is 266 g/mol. The molecule has 0 fully saturated rings. The molecule has 7 heteroatoms. The Hall–Kier alpha value is 0.424. The van der Waals surface area contributed by atoms with Crippen molar-refractivity contribution >= 4 is 34.2 Å². The molecule has 0 aromatic carbocycles. The van der Waals surface area contributed by atoms with E-state index in [2.05, 4.69) is 21.0 Å². The van der Waals surface area contributed by atoms with Crippen LogP contribution in [0.5, 0.6) is 0 Å². The Kier molecular flexibility index (Phi) is 6.23. The smallest absolute Gasteiger partial charge is 0.225 e. The average Bonchev–Trinajstić information content (AvgIpc) is 2.40. The van der Waals surface area contributed by atoms with E-state index >= 15 is 0 Å². The third-order valence-corrected chi connectivity index (χ3v) is 1.47. The maximum Gasteiger partial charge on any atom is 0.225 e. The van der Waals surface area contributed by atoms with Crippen molar-refractivity contribution in [3.8, 4) is 0 Å². The van der Waals surface area contributed by atoms with E-state index in [9.17, 15) is 4.79 Å². The third-order valence-electron chi connectivity index (χ3n) is 0.692. The molecule has 1 amide bonds. The van der Waals surface area contributed by atoms with Crippen LogP contribution in [-0.4, -0.2) is 21.1 Å². The summed E-state index contributed by atoms with van der Waals surface area (Å²) in [6, 6.07) is 0. The van der Waals surface area contributed by atoms with Gasteiger partial charge < -0.3 is 14.7 Å². The van der Waals surface area contributed by atoms with Crippen molar-refractivity contribution in [3.63, 3.8) is 0 Å². The van der Waals surface area contributed by atoms with Gasteiger partial charge in [-0.1, -0.05) is 0 Å². The molecule has 4 nitrogen and oxygen atoms in total. The Morgan fingerprint density at radius 1 is 1.82 bits per heavy atom. The van der Waals surface area contributed by atoms with Gasteiger partial charge in [0.1, 0.15) is 5.88 Å². The first-order valence-electron chi connectivity index (χ1n) is 2.38. The normalized spacial score (nSPS) is 8.45. The maximum absolute atomic E-state index is 10.6. The van der Waals surface area contributed by atoms with Crippen LogP contribution in [-0.2, 0) is 37.5 Å². The van der Waals surface area contributed by atoms with E-state index in [1.54, 1.807) is 0 Å². The molecule has 0 atom stereocenters. The number of carbonyl (C=O) groups is 1. The van der Waals surface area contributed by atoms with E-state index < -0.39 is 0 Å². The van der Waals surface area contributed by atoms with Crippen molar-refractivity contribution in [2.24, 2.45) is 0 Å². The molecule has 0 unspecified atom stereocenters. The summed E-state index contributed by atoms with van der Waals surface area (Å²) in [5, 5.41) is 2.84. The first-order valence-corrected chi connectivity index (χ1v) is 3.69. The van der Waals surface area contributed by atoms with Gasteiger partial charge in [-0.3, -0.25) is 4.79 Å². The maximum atomic E-state index is 10.6. The second kappa shape index (κ2) is 6.00. The largest absolute Gasteiger partial charge is 0.406 e. The van der Waals surface area contributed by atoms with Gasteiger partial charge in [0.25, 0.3) is 0 Å². The number of nitrogens with zero attached hydrogens (tertiary/aromatic N) is 2. The number of aromatic nitrogens is 2. The van der Waals surface area contributed by atoms with Crippen molar-refractivity contribution < 1.29 is 37.5 Å². The number of hydrogen-bond acceptors (Lipinski definition) is 4. The van der Waals surface area contributed by atoms with Crippen LogP contribution in [0.3, 0.4) is 0 Å². The predicted octanol–water partition coefficient (Wildman–Crippen LogP) is 0.513. The van der Waals surface area contributed by atoms with Gasteiger partial charge in [0.15, 0.2) is 0 Å². The van der Waals surface area contributed by atoms with Gasteiger partial charge in [-0.15, -0.1) is 23.1 Å². The van der Waals surface area contributed by atoms with E-state index in [0.717, 1.165) is 11.5 Å². The molecule has 0 aliphatic rings. The first-order chi connectivity index (χ1) is 4.83. The van der Waals surface area contributed by atoms with Gasteiger partial charge in [-0.25, -0.2) is 0 Å². The number of carbonyl (C=O) groups excluding carboxylic acids is 1. The number of hydrogen-bond donors (Lipinski definition) is 1. The first kappa shape index (κ1) is 11.4. The van der Waals surface area contributed by atoms with E-state index in [0.29, 0.717) is 5.13 Å². The summed E-state index contributed by atoms with van der Waals surface area (Å²) in [6.07, 6.45) is 2.32. The van der Waals surface area contributed by atoms with Crippen LogP contribution in [0.1, 0.15) is 0 Å². The molecular weight excluding hydrogens is 262 g/mol. The molecule has 1 aromatic heterocycles. The van der Waals surface area contributed by atoms with Crippen molar-refractivity contribution in [3.05, 3.63) is 6.33 Å². The monoisotopic (exact) mass is 265 g/mol. The third kappa shape index (κ3) is 4.10. The van der Waals surface area contributed by atoms with Crippen molar-refractivity contribution in [1.82, 2.24) is 9.36 Å². The Labute approximate surface area is 97.8 Å². The van der Waals surface area contributed by atoms with Gasteiger partial charge in [-0.2, -0.15) is 0 Å². The molecule has 1 rings (SSSR count). The molecule has 0 spiro atoms. The van der Waals surface area contributed by atoms with Crippen molar-refractivity contribution in [2.75, 3.05) is 11.2 Å². The van der Waals surface area contributed by atoms with Crippen LogP contribution < -0.4 is 5.32 Å². The van der Waals surface area contributed by atoms with Gasteiger partial charge >= 0.3 is 0 Å². The SMILES string of the molecule is O=C(CCl)Nc1n[c-]ns1.[Y]. The summed E-state index contributed by atoms with van der Waals surface area (Å²) in [6.45, 7) is 0. The van der Waals surface area contributed by atoms with Gasteiger partial charge in [0.2, 0.25) is 5.91 Å². The van der Waals surface area contributed by atoms with Crippen molar-refractivity contribution in [2.45, 2.75) is 0 Å². The zero-order valence-corrected chi connectivity index (χ0v) is 9.78. The second-order valence-corrected chi connectivity index (χ2v) is 2.40. The van der Waals surface area contributed by atoms with Crippen molar-refractivity contribution in [1.29, 1.82) is 0 Å². The van der Waals surface area contributed by atoms with Crippen LogP contribution >= 0.6 is 23.1 Å². The van der Waals surface area contributed by atoms with Crippen LogP contribution in [0.2, 0.25) is 0 Å². The number of halogens is 1. The topological polar surface area (TPSA) is 54.9 Å². The minimum atomic E-state index is -0.285. The molecule has 57 valence electrons. The molecule has 0 aliphatic carbocycles. The van der Waals surface area contributed by atoms with E-state index in [1.807, 2.05) is 0 Å². The molecule has 0 aliphatic heterocycles. The van der Waals surface area contributed by atoms with Gasteiger partial charge in [0.05, 0.1) is 0 Å². The summed E-state index contributed by atoms with van der Waals surface area (Å²) in [5.41, 5.74) is 0. The summed E-state index contributed by atoms with van der Waals surface area (Å²) in [5.74, 6) is -0.355. The second-order valence-electron chi connectivity index (χ2n) is 1.38. The molecule has 1 N–H and O–H groups in total. The number of amides is 1. The Bertz CT molecular complexity index is 217. The Balaban J connectivity index is 0.000001000. The summed E-state index contributed by atoms with van der Waals surface area (Å²) in [4.78, 5) is 14.2. The van der Waals surface area contributed by atoms with E-state index in [1.165, 1.54) is 0 Å². The fourth-order valence-corrected chi connectivity index (χ4v) is 0.829. The van der Waals surface area contributed by atoms with Crippen LogP contribution in [0.15, 0.2) is 0 Å².